The number of carbonyl (C=O) groups is 2. The van der Waals surface area contributed by atoms with E-state index >= 15 is 0 Å². The number of benzene rings is 2. The molecule has 5 nitrogen and oxygen atoms in total. The van der Waals surface area contributed by atoms with E-state index in [0.29, 0.717) is 11.3 Å². The minimum absolute atomic E-state index is 0.257. The fourth-order valence-electron chi connectivity index (χ4n) is 2.79. The zero-order valence-electron chi connectivity index (χ0n) is 14.4. The Labute approximate surface area is 152 Å². The second-order valence-corrected chi connectivity index (χ2v) is 5.73. The fraction of sp³-hybridized carbons (Fsp3) is 0.143. The Morgan fingerprint density at radius 1 is 1.04 bits per heavy atom. The minimum Gasteiger partial charge on any atom is -0.463 e. The lowest BCUT2D eigenvalue weighted by Crippen LogP contribution is -2.45. The van der Waals surface area contributed by atoms with E-state index in [9.17, 15) is 9.59 Å². The second-order valence-electron chi connectivity index (χ2n) is 5.73. The Morgan fingerprint density at radius 2 is 1.69 bits per heavy atom. The van der Waals surface area contributed by atoms with E-state index in [0.717, 1.165) is 11.1 Å². The van der Waals surface area contributed by atoms with Crippen molar-refractivity contribution >= 4 is 18.1 Å². The van der Waals surface area contributed by atoms with Gasteiger partial charge in [0.2, 0.25) is 0 Å². The Kier molecular flexibility index (Phi) is 5.49. The van der Waals surface area contributed by atoms with E-state index in [2.05, 4.69) is 10.6 Å². The van der Waals surface area contributed by atoms with Crippen LogP contribution in [0, 0.1) is 0 Å². The van der Waals surface area contributed by atoms with Gasteiger partial charge < -0.3 is 15.4 Å². The van der Waals surface area contributed by atoms with Crippen molar-refractivity contribution in [2.45, 2.75) is 13.0 Å². The molecule has 0 unspecified atom stereocenters. The fourth-order valence-corrected chi connectivity index (χ4v) is 2.79. The van der Waals surface area contributed by atoms with Crippen LogP contribution in [-0.2, 0) is 9.53 Å². The molecule has 1 heterocycles. The number of carbonyl (C=O) groups excluding carboxylic acids is 2. The Balaban J connectivity index is 2.05. The van der Waals surface area contributed by atoms with Crippen molar-refractivity contribution in [2.24, 2.45) is 0 Å². The van der Waals surface area contributed by atoms with E-state index in [1.165, 1.54) is 0 Å². The number of hydrogen-bond acceptors (Lipinski definition) is 3. The number of nitrogens with one attached hydrogen (secondary N) is 2. The number of allylic oxidation sites excluding steroid dienone is 1. The van der Waals surface area contributed by atoms with Crippen LogP contribution in [-0.4, -0.2) is 18.6 Å². The molecule has 1 atom stereocenters. The van der Waals surface area contributed by atoms with Crippen LogP contribution in [0.1, 0.15) is 24.1 Å². The van der Waals surface area contributed by atoms with Gasteiger partial charge in [0.1, 0.15) is 0 Å². The molecule has 2 aromatic rings. The molecule has 1 aliphatic rings. The van der Waals surface area contributed by atoms with Crippen LogP contribution in [0.25, 0.3) is 6.08 Å². The molecule has 26 heavy (non-hydrogen) atoms. The van der Waals surface area contributed by atoms with E-state index in [1.807, 2.05) is 66.7 Å². The zero-order chi connectivity index (χ0) is 18.4. The maximum atomic E-state index is 12.6. The van der Waals surface area contributed by atoms with Gasteiger partial charge in [-0.3, -0.25) is 0 Å². The quantitative estimate of drug-likeness (QED) is 0.812. The summed E-state index contributed by atoms with van der Waals surface area (Å²) >= 11 is 0. The summed E-state index contributed by atoms with van der Waals surface area (Å²) in [6.45, 7) is 2.01. The Bertz CT molecular complexity index is 842. The van der Waals surface area contributed by atoms with Gasteiger partial charge >= 0.3 is 12.0 Å². The van der Waals surface area contributed by atoms with E-state index in [-0.39, 0.29) is 12.6 Å². The number of esters is 1. The van der Waals surface area contributed by atoms with Crippen molar-refractivity contribution in [1.29, 1.82) is 0 Å². The van der Waals surface area contributed by atoms with Crippen LogP contribution in [0.3, 0.4) is 0 Å². The number of hydrogen-bond donors (Lipinski definition) is 2. The van der Waals surface area contributed by atoms with Gasteiger partial charge in [0.15, 0.2) is 0 Å². The molecule has 0 bridgehead atoms. The highest BCUT2D eigenvalue weighted by Gasteiger charge is 2.32. The van der Waals surface area contributed by atoms with E-state index in [1.54, 1.807) is 13.0 Å². The van der Waals surface area contributed by atoms with Gasteiger partial charge in [-0.2, -0.15) is 0 Å². The number of amides is 2. The maximum Gasteiger partial charge on any atom is 0.338 e. The van der Waals surface area contributed by atoms with Gasteiger partial charge in [-0.15, -0.1) is 0 Å². The zero-order valence-corrected chi connectivity index (χ0v) is 14.4. The molecule has 1 aliphatic heterocycles. The highest BCUT2D eigenvalue weighted by molar-refractivity contribution is 5.96. The molecular weight excluding hydrogens is 328 g/mol. The monoisotopic (exact) mass is 348 g/mol. The molecule has 3 rings (SSSR count). The number of rotatable bonds is 5. The van der Waals surface area contributed by atoms with Crippen molar-refractivity contribution in [3.8, 4) is 0 Å². The third-order valence-corrected chi connectivity index (χ3v) is 3.97. The molecule has 5 heteroatoms. The summed E-state index contributed by atoms with van der Waals surface area (Å²) in [7, 11) is 0. The molecule has 2 N–H and O–H groups in total. The molecule has 0 spiro atoms. The SMILES string of the molecule is CCOC(=O)C1=C(/C=C/c2ccccc2)NC(=O)N[C@H]1c1ccccc1. The second kappa shape index (κ2) is 8.16. The van der Waals surface area contributed by atoms with Gasteiger partial charge in [-0.25, -0.2) is 9.59 Å². The van der Waals surface area contributed by atoms with Gasteiger partial charge in [0, 0.05) is 0 Å². The van der Waals surface area contributed by atoms with Crippen molar-refractivity contribution in [2.75, 3.05) is 6.61 Å². The van der Waals surface area contributed by atoms with Crippen molar-refractivity contribution in [3.05, 3.63) is 89.1 Å². The Morgan fingerprint density at radius 3 is 2.35 bits per heavy atom. The van der Waals surface area contributed by atoms with Crippen LogP contribution in [0.5, 0.6) is 0 Å². The predicted octanol–water partition coefficient (Wildman–Crippen LogP) is 3.57. The lowest BCUT2D eigenvalue weighted by atomic mass is 9.95. The van der Waals surface area contributed by atoms with Crippen molar-refractivity contribution < 1.29 is 14.3 Å². The van der Waals surface area contributed by atoms with Gasteiger partial charge in [0.25, 0.3) is 0 Å². The first kappa shape index (κ1) is 17.5. The van der Waals surface area contributed by atoms with Gasteiger partial charge in [-0.05, 0) is 24.1 Å². The van der Waals surface area contributed by atoms with Gasteiger partial charge in [0.05, 0.1) is 23.9 Å². The first-order valence-electron chi connectivity index (χ1n) is 8.46. The predicted molar refractivity (Wildman–Crippen MR) is 100.0 cm³/mol. The first-order valence-corrected chi connectivity index (χ1v) is 8.46. The molecule has 0 saturated carbocycles. The largest absolute Gasteiger partial charge is 0.463 e. The van der Waals surface area contributed by atoms with E-state index in [4.69, 9.17) is 4.74 Å². The third kappa shape index (κ3) is 4.00. The van der Waals surface area contributed by atoms with E-state index < -0.39 is 12.0 Å². The van der Waals surface area contributed by atoms with Crippen molar-refractivity contribution in [1.82, 2.24) is 10.6 Å². The smallest absolute Gasteiger partial charge is 0.338 e. The van der Waals surface area contributed by atoms with Crippen LogP contribution in [0.15, 0.2) is 78.0 Å². The minimum atomic E-state index is -0.570. The molecule has 0 saturated heterocycles. The first-order chi connectivity index (χ1) is 12.7. The highest BCUT2D eigenvalue weighted by atomic mass is 16.5. The third-order valence-electron chi connectivity index (χ3n) is 3.97. The normalized spacial score (nSPS) is 17.0. The summed E-state index contributed by atoms with van der Waals surface area (Å²) in [5, 5.41) is 5.53. The Hall–Kier alpha value is -3.34. The lowest BCUT2D eigenvalue weighted by Gasteiger charge is -2.28. The highest BCUT2D eigenvalue weighted by Crippen LogP contribution is 2.28. The topological polar surface area (TPSA) is 67.4 Å². The summed E-state index contributed by atoms with van der Waals surface area (Å²) in [5.41, 5.74) is 2.60. The number of urea groups is 1. The standard InChI is InChI=1S/C21H20N2O3/c1-2-26-20(24)18-17(14-13-15-9-5-3-6-10-15)22-21(25)23-19(18)16-11-7-4-8-12-16/h3-14,19H,2H2,1H3,(H2,22,23,25)/b14-13+/t19-/m0/s1. The molecule has 0 aliphatic carbocycles. The molecular formula is C21H20N2O3. The average Bonchev–Trinajstić information content (AvgIpc) is 2.67. The van der Waals surface area contributed by atoms with Crippen LogP contribution < -0.4 is 10.6 Å². The summed E-state index contributed by atoms with van der Waals surface area (Å²) in [6, 6.07) is 18.1. The summed E-state index contributed by atoms with van der Waals surface area (Å²) in [6.07, 6.45) is 3.58. The molecule has 0 radical (unpaired) electrons. The average molecular weight is 348 g/mol. The van der Waals surface area contributed by atoms with Crippen LogP contribution in [0.4, 0.5) is 4.79 Å². The number of ether oxygens (including phenoxy) is 1. The summed E-state index contributed by atoms with van der Waals surface area (Å²) < 4.78 is 5.23. The molecule has 2 aromatic carbocycles. The molecule has 2 amide bonds. The summed E-state index contributed by atoms with van der Waals surface area (Å²) in [5.74, 6) is -0.457. The maximum absolute atomic E-state index is 12.6. The molecule has 132 valence electrons. The van der Waals surface area contributed by atoms with Crippen LogP contribution in [0.2, 0.25) is 0 Å². The van der Waals surface area contributed by atoms with Gasteiger partial charge in [-0.1, -0.05) is 66.7 Å². The summed E-state index contributed by atoms with van der Waals surface area (Å²) in [4.78, 5) is 24.8. The van der Waals surface area contributed by atoms with Crippen LogP contribution >= 0.6 is 0 Å². The lowest BCUT2D eigenvalue weighted by molar-refractivity contribution is -0.139. The molecule has 0 fully saturated rings. The molecule has 0 aromatic heterocycles. The van der Waals surface area contributed by atoms with Crippen molar-refractivity contribution in [3.63, 3.8) is 0 Å².